The molecule has 0 aliphatic carbocycles. The highest BCUT2D eigenvalue weighted by Crippen LogP contribution is 2.15. The molecule has 3 N–H and O–H groups in total. The minimum atomic E-state index is -0.374. The maximum absolute atomic E-state index is 12.7. The number of pyridine rings is 1. The molecule has 0 aliphatic rings. The molecule has 0 saturated carbocycles. The predicted octanol–water partition coefficient (Wildman–Crippen LogP) is 2.98. The average Bonchev–Trinajstić information content (AvgIpc) is 3.07. The van der Waals surface area contributed by atoms with Crippen molar-refractivity contribution in [2.45, 2.75) is 13.0 Å². The molecule has 26 heavy (non-hydrogen) atoms. The number of rotatable bonds is 8. The van der Waals surface area contributed by atoms with E-state index in [1.807, 2.05) is 12.1 Å². The third-order valence-electron chi connectivity index (χ3n) is 3.99. The number of para-hydroxylation sites is 1. The Hall–Kier alpha value is -3.09. The Labute approximate surface area is 151 Å². The Morgan fingerprint density at radius 1 is 1.04 bits per heavy atom. The monoisotopic (exact) mass is 355 g/mol. The van der Waals surface area contributed by atoms with Crippen LogP contribution in [0.2, 0.25) is 0 Å². The molecule has 3 aromatic rings. The summed E-state index contributed by atoms with van der Waals surface area (Å²) in [6.07, 6.45) is 4.07. The Morgan fingerprint density at radius 3 is 2.73 bits per heavy atom. The second kappa shape index (κ2) is 8.84. The van der Waals surface area contributed by atoms with Gasteiger partial charge in [0, 0.05) is 37.9 Å². The van der Waals surface area contributed by atoms with Crippen molar-refractivity contribution < 1.29 is 9.18 Å². The first-order valence-electron chi connectivity index (χ1n) is 8.63. The zero-order chi connectivity index (χ0) is 18.2. The summed E-state index contributed by atoms with van der Waals surface area (Å²) in [4.78, 5) is 15.6. The molecular weight excluding hydrogens is 333 g/mol. The van der Waals surface area contributed by atoms with Gasteiger partial charge in [-0.1, -0.05) is 18.2 Å². The molecule has 0 fully saturated rings. The van der Waals surface area contributed by atoms with Crippen LogP contribution < -0.4 is 16.0 Å². The van der Waals surface area contributed by atoms with E-state index in [9.17, 15) is 9.18 Å². The van der Waals surface area contributed by atoms with Crippen LogP contribution in [-0.4, -0.2) is 35.2 Å². The van der Waals surface area contributed by atoms with Gasteiger partial charge in [0.05, 0.1) is 6.20 Å². The van der Waals surface area contributed by atoms with Crippen LogP contribution in [0.4, 0.5) is 15.0 Å². The number of benzene rings is 1. The van der Waals surface area contributed by atoms with E-state index in [1.54, 1.807) is 6.07 Å². The SMILES string of the molecule is O=C(NCCCn1ccc2ccccc21)NCCNc1ccc(F)cn1. The van der Waals surface area contributed by atoms with Crippen LogP contribution in [0.5, 0.6) is 0 Å². The summed E-state index contributed by atoms with van der Waals surface area (Å²) in [7, 11) is 0. The van der Waals surface area contributed by atoms with Gasteiger partial charge in [-0.2, -0.15) is 0 Å². The van der Waals surface area contributed by atoms with Gasteiger partial charge in [0.1, 0.15) is 11.6 Å². The molecule has 7 heteroatoms. The van der Waals surface area contributed by atoms with E-state index in [1.165, 1.54) is 17.0 Å². The summed E-state index contributed by atoms with van der Waals surface area (Å²) in [6.45, 7) is 2.42. The van der Waals surface area contributed by atoms with E-state index in [4.69, 9.17) is 0 Å². The molecule has 6 nitrogen and oxygen atoms in total. The molecule has 0 unspecified atom stereocenters. The molecule has 0 radical (unpaired) electrons. The quantitative estimate of drug-likeness (QED) is 0.544. The molecule has 0 aliphatic heterocycles. The topological polar surface area (TPSA) is 71.0 Å². The minimum absolute atomic E-state index is 0.198. The molecule has 0 bridgehead atoms. The molecule has 0 saturated heterocycles. The van der Waals surface area contributed by atoms with Crippen LogP contribution in [0.1, 0.15) is 6.42 Å². The summed E-state index contributed by atoms with van der Waals surface area (Å²) >= 11 is 0. The summed E-state index contributed by atoms with van der Waals surface area (Å²) in [5, 5.41) is 9.84. The van der Waals surface area contributed by atoms with Crippen LogP contribution in [0, 0.1) is 5.82 Å². The summed E-state index contributed by atoms with van der Waals surface area (Å²) in [5.74, 6) is 0.202. The molecule has 1 aromatic carbocycles. The molecular formula is C19H22FN5O. The number of nitrogens with one attached hydrogen (secondary N) is 3. The lowest BCUT2D eigenvalue weighted by Crippen LogP contribution is -2.38. The smallest absolute Gasteiger partial charge is 0.314 e. The summed E-state index contributed by atoms with van der Waals surface area (Å²) in [6, 6.07) is 13.0. The van der Waals surface area contributed by atoms with Gasteiger partial charge >= 0.3 is 6.03 Å². The van der Waals surface area contributed by atoms with Crippen molar-refractivity contribution >= 4 is 22.8 Å². The number of anilines is 1. The van der Waals surface area contributed by atoms with Crippen molar-refractivity contribution in [3.63, 3.8) is 0 Å². The lowest BCUT2D eigenvalue weighted by molar-refractivity contribution is 0.241. The molecule has 2 heterocycles. The van der Waals surface area contributed by atoms with Crippen molar-refractivity contribution in [1.29, 1.82) is 0 Å². The molecule has 0 spiro atoms. The van der Waals surface area contributed by atoms with Crippen molar-refractivity contribution in [3.05, 3.63) is 60.7 Å². The van der Waals surface area contributed by atoms with E-state index in [0.717, 1.165) is 19.2 Å². The highest BCUT2D eigenvalue weighted by molar-refractivity contribution is 5.79. The number of carbonyl (C=O) groups excluding carboxylic acids is 1. The van der Waals surface area contributed by atoms with E-state index >= 15 is 0 Å². The molecule has 2 amide bonds. The summed E-state index contributed by atoms with van der Waals surface area (Å²) < 4.78 is 14.9. The fraction of sp³-hybridized carbons (Fsp3) is 0.263. The number of halogens is 1. The van der Waals surface area contributed by atoms with E-state index in [-0.39, 0.29) is 11.8 Å². The lowest BCUT2D eigenvalue weighted by atomic mass is 10.2. The third-order valence-corrected chi connectivity index (χ3v) is 3.99. The number of fused-ring (bicyclic) bond motifs is 1. The minimum Gasteiger partial charge on any atom is -0.368 e. The van der Waals surface area contributed by atoms with Crippen LogP contribution in [-0.2, 0) is 6.54 Å². The van der Waals surface area contributed by atoms with Crippen molar-refractivity contribution in [3.8, 4) is 0 Å². The molecule has 2 aromatic heterocycles. The van der Waals surface area contributed by atoms with Crippen LogP contribution >= 0.6 is 0 Å². The van der Waals surface area contributed by atoms with Crippen LogP contribution in [0.3, 0.4) is 0 Å². The number of nitrogens with zero attached hydrogens (tertiary/aromatic N) is 2. The molecule has 0 atom stereocenters. The van der Waals surface area contributed by atoms with Crippen molar-refractivity contribution in [2.24, 2.45) is 0 Å². The maximum atomic E-state index is 12.7. The third kappa shape index (κ3) is 4.95. The fourth-order valence-corrected chi connectivity index (χ4v) is 2.70. The number of hydrogen-bond acceptors (Lipinski definition) is 3. The van der Waals surface area contributed by atoms with Gasteiger partial charge in [0.25, 0.3) is 0 Å². The number of aromatic nitrogens is 2. The van der Waals surface area contributed by atoms with E-state index in [2.05, 4.69) is 49.9 Å². The number of carbonyl (C=O) groups is 1. The summed E-state index contributed by atoms with van der Waals surface area (Å²) in [5.41, 5.74) is 1.21. The second-order valence-corrected chi connectivity index (χ2v) is 5.89. The zero-order valence-corrected chi connectivity index (χ0v) is 14.4. The van der Waals surface area contributed by atoms with Gasteiger partial charge in [0.2, 0.25) is 0 Å². The van der Waals surface area contributed by atoms with Gasteiger partial charge in [-0.05, 0) is 36.1 Å². The maximum Gasteiger partial charge on any atom is 0.314 e. The predicted molar refractivity (Wildman–Crippen MR) is 101 cm³/mol. The largest absolute Gasteiger partial charge is 0.368 e. The Balaban J connectivity index is 1.29. The standard InChI is InChI=1S/C19H22FN5O/c20-16-6-7-18(24-14-16)21-10-11-23-19(26)22-9-3-12-25-13-8-15-4-1-2-5-17(15)25/h1-2,4-8,13-14H,3,9-12H2,(H,21,24)(H2,22,23,26). The first-order valence-corrected chi connectivity index (χ1v) is 8.63. The number of aryl methyl sites for hydroxylation is 1. The number of hydrogen-bond donors (Lipinski definition) is 3. The first kappa shape index (κ1) is 17.7. The Morgan fingerprint density at radius 2 is 1.88 bits per heavy atom. The average molecular weight is 355 g/mol. The highest BCUT2D eigenvalue weighted by Gasteiger charge is 2.02. The normalized spacial score (nSPS) is 10.7. The van der Waals surface area contributed by atoms with Crippen LogP contribution in [0.25, 0.3) is 10.9 Å². The van der Waals surface area contributed by atoms with Gasteiger partial charge in [-0.25, -0.2) is 14.2 Å². The second-order valence-electron chi connectivity index (χ2n) is 5.89. The van der Waals surface area contributed by atoms with Gasteiger partial charge in [-0.15, -0.1) is 0 Å². The highest BCUT2D eigenvalue weighted by atomic mass is 19.1. The molecule has 136 valence electrons. The van der Waals surface area contributed by atoms with Crippen molar-refractivity contribution in [1.82, 2.24) is 20.2 Å². The Kier molecular flexibility index (Phi) is 6.03. The number of urea groups is 1. The first-order chi connectivity index (χ1) is 12.7. The van der Waals surface area contributed by atoms with Gasteiger partial charge in [0.15, 0.2) is 0 Å². The zero-order valence-electron chi connectivity index (χ0n) is 14.4. The lowest BCUT2D eigenvalue weighted by Gasteiger charge is -2.09. The van der Waals surface area contributed by atoms with Gasteiger partial charge in [-0.3, -0.25) is 0 Å². The van der Waals surface area contributed by atoms with Crippen LogP contribution in [0.15, 0.2) is 54.9 Å². The van der Waals surface area contributed by atoms with E-state index < -0.39 is 0 Å². The number of amides is 2. The van der Waals surface area contributed by atoms with E-state index in [0.29, 0.717) is 25.5 Å². The molecule has 3 rings (SSSR count). The van der Waals surface area contributed by atoms with Crippen molar-refractivity contribution in [2.75, 3.05) is 25.0 Å². The van der Waals surface area contributed by atoms with Gasteiger partial charge < -0.3 is 20.5 Å². The fourth-order valence-electron chi connectivity index (χ4n) is 2.70. The Bertz CT molecular complexity index is 847.